The van der Waals surface area contributed by atoms with E-state index in [1.165, 1.54) is 19.4 Å². The van der Waals surface area contributed by atoms with Crippen LogP contribution in [-0.2, 0) is 15.7 Å². The highest BCUT2D eigenvalue weighted by Gasteiger charge is 2.21. The fraction of sp³-hybridized carbons (Fsp3) is 0.400. The summed E-state index contributed by atoms with van der Waals surface area (Å²) in [6.45, 7) is 3.85. The van der Waals surface area contributed by atoms with E-state index in [1.807, 2.05) is 6.92 Å². The summed E-state index contributed by atoms with van der Waals surface area (Å²) in [5.74, 6) is -0.324. The van der Waals surface area contributed by atoms with Crippen molar-refractivity contribution >= 4 is 28.4 Å². The number of pyridine rings is 1. The molecule has 1 unspecified atom stereocenters. The Balaban J connectivity index is 1.99. The van der Waals surface area contributed by atoms with Gasteiger partial charge in [0.1, 0.15) is 16.8 Å². The first-order valence-electron chi connectivity index (χ1n) is 9.60. The number of anilines is 2. The predicted octanol–water partition coefficient (Wildman–Crippen LogP) is 2.44. The van der Waals surface area contributed by atoms with E-state index in [4.69, 9.17) is 15.2 Å². The fourth-order valence-electron chi connectivity index (χ4n) is 3.16. The number of nitrogen functional groups attached to an aromatic ring is 1. The number of hydrogen-bond acceptors (Lipinski definition) is 6. The molecule has 1 aromatic carbocycles. The van der Waals surface area contributed by atoms with Crippen LogP contribution in [0.1, 0.15) is 23.7 Å². The van der Waals surface area contributed by atoms with Crippen LogP contribution in [0.2, 0.25) is 0 Å². The molecule has 8 nitrogen and oxygen atoms in total. The summed E-state index contributed by atoms with van der Waals surface area (Å²) in [7, 11) is -0.0556. The van der Waals surface area contributed by atoms with Crippen molar-refractivity contribution in [3.63, 3.8) is 0 Å². The van der Waals surface area contributed by atoms with Gasteiger partial charge in [-0.25, -0.2) is 13.6 Å². The van der Waals surface area contributed by atoms with Crippen LogP contribution < -0.4 is 15.2 Å². The number of nitrogens with one attached hydrogen (secondary N) is 1. The molecule has 3 rings (SSSR count). The second-order valence-electron chi connectivity index (χ2n) is 6.75. The largest absolute Gasteiger partial charge is 0.492 e. The van der Waals surface area contributed by atoms with Gasteiger partial charge in [-0.1, -0.05) is 6.92 Å². The lowest BCUT2D eigenvalue weighted by molar-refractivity contribution is 0.0302. The van der Waals surface area contributed by atoms with E-state index >= 15 is 0 Å². The summed E-state index contributed by atoms with van der Waals surface area (Å²) in [4.78, 5) is 18.6. The summed E-state index contributed by atoms with van der Waals surface area (Å²) in [5, 5.41) is 0. The number of benzene rings is 1. The number of ether oxygens (including phenoxy) is 2. The van der Waals surface area contributed by atoms with Crippen molar-refractivity contribution in [2.75, 3.05) is 49.6 Å². The third-order valence-electron chi connectivity index (χ3n) is 4.64. The van der Waals surface area contributed by atoms with Crippen molar-refractivity contribution in [2.45, 2.75) is 13.3 Å². The number of nitrogens with zero attached hydrogens (tertiary/aromatic N) is 2. The van der Waals surface area contributed by atoms with Gasteiger partial charge in [0.2, 0.25) is 0 Å². The maximum Gasteiger partial charge on any atom is 0.255 e. The lowest BCUT2D eigenvalue weighted by atomic mass is 10.0. The van der Waals surface area contributed by atoms with Gasteiger partial charge in [-0.15, -0.1) is 0 Å². The lowest BCUT2D eigenvalue weighted by Gasteiger charge is -2.27. The van der Waals surface area contributed by atoms with Crippen molar-refractivity contribution < 1.29 is 22.9 Å². The van der Waals surface area contributed by atoms with Crippen molar-refractivity contribution in [3.8, 4) is 16.9 Å². The quantitative estimate of drug-likeness (QED) is 0.690. The van der Waals surface area contributed by atoms with Crippen LogP contribution in [0, 0.1) is 5.82 Å². The number of hydrogen-bond donors (Lipinski definition) is 2. The summed E-state index contributed by atoms with van der Waals surface area (Å²) in [6, 6.07) is 4.43. The Morgan fingerprint density at radius 3 is 2.77 bits per heavy atom. The van der Waals surface area contributed by atoms with E-state index in [-0.39, 0.29) is 23.2 Å². The van der Waals surface area contributed by atoms with E-state index in [1.54, 1.807) is 17.0 Å². The zero-order chi connectivity index (χ0) is 21.7. The van der Waals surface area contributed by atoms with Crippen LogP contribution in [0.5, 0.6) is 5.75 Å². The minimum absolute atomic E-state index is 0.0460. The monoisotopic (exact) mass is 436 g/mol. The summed E-state index contributed by atoms with van der Waals surface area (Å²) < 4.78 is 40.0. The topological polar surface area (TPSA) is 107 Å². The molecule has 10 heteroatoms. The van der Waals surface area contributed by atoms with Gasteiger partial charge < -0.3 is 24.8 Å². The third kappa shape index (κ3) is 4.88. The number of morpholine rings is 1. The van der Waals surface area contributed by atoms with Crippen LogP contribution >= 0.6 is 0 Å². The van der Waals surface area contributed by atoms with Crippen LogP contribution in [0.3, 0.4) is 0 Å². The third-order valence-corrected chi connectivity index (χ3v) is 5.86. The second-order valence-corrected chi connectivity index (χ2v) is 8.06. The van der Waals surface area contributed by atoms with Gasteiger partial charge in [0.25, 0.3) is 5.91 Å². The molecule has 3 N–H and O–H groups in total. The highest BCUT2D eigenvalue weighted by Crippen LogP contribution is 2.36. The molecule has 0 spiro atoms. The molecule has 1 aliphatic rings. The van der Waals surface area contributed by atoms with Crippen LogP contribution in [0.25, 0.3) is 11.1 Å². The molecule has 1 aliphatic heterocycles. The maximum atomic E-state index is 14.7. The van der Waals surface area contributed by atoms with Gasteiger partial charge in [0, 0.05) is 30.6 Å². The molecule has 1 aromatic heterocycles. The maximum absolute atomic E-state index is 14.7. The summed E-state index contributed by atoms with van der Waals surface area (Å²) >= 11 is 0. The molecular weight excluding hydrogens is 411 g/mol. The minimum atomic E-state index is -1.39. The Morgan fingerprint density at radius 2 is 2.10 bits per heavy atom. The Kier molecular flexibility index (Phi) is 7.22. The number of nitrogens with two attached hydrogens (primary N) is 1. The molecular formula is C20H25FN4O4S. The smallest absolute Gasteiger partial charge is 0.255 e. The molecule has 0 radical (unpaired) electrons. The minimum Gasteiger partial charge on any atom is -0.492 e. The molecule has 0 aliphatic carbocycles. The first kappa shape index (κ1) is 22.0. The molecule has 2 aromatic rings. The average molecular weight is 437 g/mol. The highest BCUT2D eigenvalue weighted by molar-refractivity contribution is 7.86. The van der Waals surface area contributed by atoms with Gasteiger partial charge in [-0.3, -0.25) is 4.79 Å². The number of amides is 1. The SMILES string of the molecule is CCCS(=O)Nc1cc(-c2cc(C(=O)N3CCOCC3)cnc2N)cc(F)c1OC. The molecule has 0 saturated carbocycles. The van der Waals surface area contributed by atoms with Crippen molar-refractivity contribution in [2.24, 2.45) is 0 Å². The molecule has 0 bridgehead atoms. The van der Waals surface area contributed by atoms with Crippen molar-refractivity contribution in [1.29, 1.82) is 0 Å². The molecule has 162 valence electrons. The Bertz CT molecular complexity index is 951. The Morgan fingerprint density at radius 1 is 1.37 bits per heavy atom. The molecule has 30 heavy (non-hydrogen) atoms. The number of aromatic nitrogens is 1. The van der Waals surface area contributed by atoms with E-state index in [0.717, 1.165) is 0 Å². The van der Waals surface area contributed by atoms with Gasteiger partial charge in [-0.2, -0.15) is 0 Å². The first-order chi connectivity index (χ1) is 14.4. The Labute approximate surface area is 177 Å². The number of rotatable bonds is 7. The second kappa shape index (κ2) is 9.86. The molecule has 2 heterocycles. The first-order valence-corrected chi connectivity index (χ1v) is 10.9. The summed E-state index contributed by atoms with van der Waals surface area (Å²) in [6.07, 6.45) is 2.11. The van der Waals surface area contributed by atoms with Gasteiger partial charge >= 0.3 is 0 Å². The van der Waals surface area contributed by atoms with Crippen LogP contribution in [0.15, 0.2) is 24.4 Å². The number of carbonyl (C=O) groups excluding carboxylic acids is 1. The van der Waals surface area contributed by atoms with E-state index in [2.05, 4.69) is 9.71 Å². The normalized spacial score (nSPS) is 15.0. The predicted molar refractivity (Wildman–Crippen MR) is 114 cm³/mol. The van der Waals surface area contributed by atoms with Crippen molar-refractivity contribution in [3.05, 3.63) is 35.8 Å². The van der Waals surface area contributed by atoms with E-state index in [9.17, 15) is 13.4 Å². The zero-order valence-electron chi connectivity index (χ0n) is 16.9. The van der Waals surface area contributed by atoms with E-state index < -0.39 is 16.8 Å². The summed E-state index contributed by atoms with van der Waals surface area (Å²) in [5.41, 5.74) is 7.41. The van der Waals surface area contributed by atoms with Gasteiger partial charge in [0.15, 0.2) is 11.6 Å². The average Bonchev–Trinajstić information content (AvgIpc) is 2.74. The number of halogens is 1. The molecule has 1 saturated heterocycles. The molecule has 1 amide bonds. The van der Waals surface area contributed by atoms with E-state index in [0.29, 0.717) is 55.2 Å². The van der Waals surface area contributed by atoms with Gasteiger partial charge in [0.05, 0.1) is 31.6 Å². The number of methoxy groups -OCH3 is 1. The lowest BCUT2D eigenvalue weighted by Crippen LogP contribution is -2.40. The number of carbonyl (C=O) groups is 1. The molecule has 1 fully saturated rings. The molecule has 1 atom stereocenters. The fourth-order valence-corrected chi connectivity index (χ4v) is 4.03. The zero-order valence-corrected chi connectivity index (χ0v) is 17.8. The van der Waals surface area contributed by atoms with Crippen LogP contribution in [-0.4, -0.2) is 59.2 Å². The highest BCUT2D eigenvalue weighted by atomic mass is 32.2. The Hall–Kier alpha value is -2.72. The van der Waals surface area contributed by atoms with Gasteiger partial charge in [-0.05, 0) is 30.2 Å². The van der Waals surface area contributed by atoms with Crippen molar-refractivity contribution in [1.82, 2.24) is 9.88 Å². The van der Waals surface area contributed by atoms with Crippen LogP contribution in [0.4, 0.5) is 15.9 Å². The standard InChI is InChI=1S/C20H25FN4O4S/c1-3-8-30(27)24-17-11-13(10-16(21)18(17)28-2)15-9-14(12-23-19(15)22)20(26)25-4-6-29-7-5-25/h9-12,24H,3-8H2,1-2H3,(H2,22,23).